The molecular weight excluding hydrogens is 348 g/mol. The van der Waals surface area contributed by atoms with Crippen LogP contribution in [-0.2, 0) is 6.54 Å². The Hall–Kier alpha value is -1.94. The maximum atomic E-state index is 2.70. The number of thiophene rings is 1. The van der Waals surface area contributed by atoms with Gasteiger partial charge in [-0.2, -0.15) is 11.3 Å². The number of rotatable bonds is 5. The molecule has 1 aliphatic heterocycles. The third-order valence-corrected chi connectivity index (χ3v) is 6.40. The molecular formula is C24H28N2S. The fourth-order valence-electron chi connectivity index (χ4n) is 4.26. The van der Waals surface area contributed by atoms with E-state index < -0.39 is 0 Å². The molecule has 0 amide bonds. The Kier molecular flexibility index (Phi) is 5.72. The first-order valence-electron chi connectivity index (χ1n) is 9.83. The summed E-state index contributed by atoms with van der Waals surface area (Å²) in [5.74, 6) is 0. The van der Waals surface area contributed by atoms with Crippen molar-refractivity contribution in [2.24, 2.45) is 0 Å². The van der Waals surface area contributed by atoms with Gasteiger partial charge in [-0.1, -0.05) is 60.7 Å². The molecule has 0 N–H and O–H groups in total. The van der Waals surface area contributed by atoms with Crippen molar-refractivity contribution in [3.63, 3.8) is 0 Å². The van der Waals surface area contributed by atoms with Crippen molar-refractivity contribution in [2.75, 3.05) is 13.1 Å². The summed E-state index contributed by atoms with van der Waals surface area (Å²) in [7, 11) is 0. The average molecular weight is 377 g/mol. The molecule has 0 aliphatic carbocycles. The van der Waals surface area contributed by atoms with Crippen LogP contribution >= 0.6 is 11.3 Å². The van der Waals surface area contributed by atoms with Crippen LogP contribution in [0.15, 0.2) is 77.5 Å². The first-order chi connectivity index (χ1) is 13.2. The molecule has 1 aliphatic rings. The molecule has 2 heterocycles. The summed E-state index contributed by atoms with van der Waals surface area (Å²) in [6, 6.07) is 25.5. The first kappa shape index (κ1) is 18.4. The summed E-state index contributed by atoms with van der Waals surface area (Å²) in [5.41, 5.74) is 4.22. The lowest BCUT2D eigenvalue weighted by Crippen LogP contribution is -2.56. The van der Waals surface area contributed by atoms with Gasteiger partial charge in [0.2, 0.25) is 0 Å². The van der Waals surface area contributed by atoms with Crippen molar-refractivity contribution in [2.45, 2.75) is 38.5 Å². The minimum Gasteiger partial charge on any atom is -0.294 e. The third-order valence-electron chi connectivity index (χ3n) is 5.70. The van der Waals surface area contributed by atoms with Crippen molar-refractivity contribution in [1.82, 2.24) is 9.80 Å². The van der Waals surface area contributed by atoms with Crippen molar-refractivity contribution in [3.8, 4) is 0 Å². The summed E-state index contributed by atoms with van der Waals surface area (Å²) >= 11 is 1.79. The van der Waals surface area contributed by atoms with Crippen molar-refractivity contribution in [1.29, 1.82) is 0 Å². The van der Waals surface area contributed by atoms with Gasteiger partial charge in [0.25, 0.3) is 0 Å². The summed E-state index contributed by atoms with van der Waals surface area (Å²) in [6.45, 7) is 7.98. The van der Waals surface area contributed by atoms with E-state index in [1.54, 1.807) is 11.3 Å². The lowest BCUT2D eigenvalue weighted by Gasteiger charge is -2.47. The van der Waals surface area contributed by atoms with Crippen LogP contribution in [0.25, 0.3) is 0 Å². The quantitative estimate of drug-likeness (QED) is 0.586. The van der Waals surface area contributed by atoms with E-state index in [4.69, 9.17) is 0 Å². The summed E-state index contributed by atoms with van der Waals surface area (Å²) < 4.78 is 0. The largest absolute Gasteiger partial charge is 0.294 e. The Labute approximate surface area is 167 Å². The smallest absolute Gasteiger partial charge is 0.0613 e. The van der Waals surface area contributed by atoms with Gasteiger partial charge in [0.1, 0.15) is 0 Å². The number of hydrogen-bond acceptors (Lipinski definition) is 3. The molecule has 1 saturated heterocycles. The van der Waals surface area contributed by atoms with Crippen molar-refractivity contribution < 1.29 is 0 Å². The zero-order chi connectivity index (χ0) is 18.6. The van der Waals surface area contributed by atoms with Gasteiger partial charge in [-0.15, -0.1) is 0 Å². The molecule has 0 saturated carbocycles. The Morgan fingerprint density at radius 2 is 1.56 bits per heavy atom. The Morgan fingerprint density at radius 3 is 2.22 bits per heavy atom. The fourth-order valence-corrected chi connectivity index (χ4v) is 4.94. The zero-order valence-electron chi connectivity index (χ0n) is 16.2. The average Bonchev–Trinajstić information content (AvgIpc) is 3.22. The van der Waals surface area contributed by atoms with Gasteiger partial charge in [0.15, 0.2) is 0 Å². The fraction of sp³-hybridized carbons (Fsp3) is 0.333. The zero-order valence-corrected chi connectivity index (χ0v) is 17.0. The highest BCUT2D eigenvalue weighted by Gasteiger charge is 2.34. The van der Waals surface area contributed by atoms with Crippen LogP contribution in [0.2, 0.25) is 0 Å². The van der Waals surface area contributed by atoms with E-state index in [0.717, 1.165) is 19.6 Å². The summed E-state index contributed by atoms with van der Waals surface area (Å²) in [5, 5.41) is 4.51. The van der Waals surface area contributed by atoms with E-state index in [1.165, 1.54) is 16.7 Å². The Morgan fingerprint density at radius 1 is 0.852 bits per heavy atom. The van der Waals surface area contributed by atoms with E-state index in [-0.39, 0.29) is 0 Å². The van der Waals surface area contributed by atoms with E-state index in [0.29, 0.717) is 18.1 Å². The van der Waals surface area contributed by atoms with Gasteiger partial charge in [0.05, 0.1) is 6.04 Å². The molecule has 0 spiro atoms. The molecule has 2 nitrogen and oxygen atoms in total. The van der Waals surface area contributed by atoms with Crippen LogP contribution in [0.1, 0.15) is 36.6 Å². The van der Waals surface area contributed by atoms with E-state index in [1.807, 2.05) is 0 Å². The van der Waals surface area contributed by atoms with Crippen LogP contribution < -0.4 is 0 Å². The van der Waals surface area contributed by atoms with Gasteiger partial charge >= 0.3 is 0 Å². The highest BCUT2D eigenvalue weighted by Crippen LogP contribution is 2.34. The summed E-state index contributed by atoms with van der Waals surface area (Å²) in [4.78, 5) is 5.33. The van der Waals surface area contributed by atoms with Crippen LogP contribution in [0.3, 0.4) is 0 Å². The number of piperazine rings is 1. The SMILES string of the molecule is C[C@@H]1CN([C@@H](c2ccccc2)c2ccsc2)[C@@H](C)CN1Cc1ccccc1. The highest BCUT2D eigenvalue weighted by atomic mass is 32.1. The van der Waals surface area contributed by atoms with Crippen LogP contribution in [0, 0.1) is 0 Å². The Bertz CT molecular complexity index is 816. The molecule has 3 heteroatoms. The first-order valence-corrected chi connectivity index (χ1v) is 10.8. The van der Waals surface area contributed by atoms with Crippen LogP contribution in [-0.4, -0.2) is 35.0 Å². The van der Waals surface area contributed by atoms with Gasteiger partial charge in [-0.3, -0.25) is 9.80 Å². The highest BCUT2D eigenvalue weighted by molar-refractivity contribution is 7.08. The molecule has 2 aromatic carbocycles. The van der Waals surface area contributed by atoms with E-state index in [9.17, 15) is 0 Å². The van der Waals surface area contributed by atoms with Gasteiger partial charge < -0.3 is 0 Å². The maximum Gasteiger partial charge on any atom is 0.0613 e. The molecule has 3 aromatic rings. The van der Waals surface area contributed by atoms with E-state index in [2.05, 4.69) is 101 Å². The lowest BCUT2D eigenvalue weighted by atomic mass is 9.95. The predicted octanol–water partition coefficient (Wildman–Crippen LogP) is 5.43. The minimum atomic E-state index is 0.341. The second-order valence-corrected chi connectivity index (χ2v) is 8.46. The molecule has 1 fully saturated rings. The Balaban J connectivity index is 1.56. The molecule has 140 valence electrons. The van der Waals surface area contributed by atoms with Gasteiger partial charge in [0, 0.05) is 31.7 Å². The predicted molar refractivity (Wildman–Crippen MR) is 115 cm³/mol. The number of hydrogen-bond donors (Lipinski definition) is 0. The molecule has 0 bridgehead atoms. The third kappa shape index (κ3) is 4.16. The molecule has 4 rings (SSSR count). The lowest BCUT2D eigenvalue weighted by molar-refractivity contribution is 0.0196. The van der Waals surface area contributed by atoms with Crippen molar-refractivity contribution >= 4 is 11.3 Å². The molecule has 0 unspecified atom stereocenters. The van der Waals surface area contributed by atoms with Crippen LogP contribution in [0.5, 0.6) is 0 Å². The second kappa shape index (κ2) is 8.39. The molecule has 0 radical (unpaired) electrons. The molecule has 27 heavy (non-hydrogen) atoms. The van der Waals surface area contributed by atoms with Crippen molar-refractivity contribution in [3.05, 3.63) is 94.2 Å². The van der Waals surface area contributed by atoms with Crippen LogP contribution in [0.4, 0.5) is 0 Å². The topological polar surface area (TPSA) is 6.48 Å². The maximum absolute atomic E-state index is 2.70. The number of benzene rings is 2. The molecule has 3 atom stereocenters. The molecule has 1 aromatic heterocycles. The van der Waals surface area contributed by atoms with Gasteiger partial charge in [-0.05, 0) is 47.4 Å². The van der Waals surface area contributed by atoms with Gasteiger partial charge in [-0.25, -0.2) is 0 Å². The normalized spacial score (nSPS) is 22.6. The minimum absolute atomic E-state index is 0.341. The number of nitrogens with zero attached hydrogens (tertiary/aromatic N) is 2. The standard InChI is InChI=1S/C24H28N2S/c1-19-16-26(20(2)15-25(19)17-21-9-5-3-6-10-21)24(23-13-14-27-18-23)22-11-7-4-8-12-22/h3-14,18-20,24H,15-17H2,1-2H3/t19-,20+,24+/m1/s1. The summed E-state index contributed by atoms with van der Waals surface area (Å²) in [6.07, 6.45) is 0. The second-order valence-electron chi connectivity index (χ2n) is 7.68. The van der Waals surface area contributed by atoms with E-state index >= 15 is 0 Å². The monoisotopic (exact) mass is 376 g/mol.